The molecule has 0 aromatic heterocycles. The van der Waals surface area contributed by atoms with Gasteiger partial charge in [-0.05, 0) is 0 Å². The second-order valence-corrected chi connectivity index (χ2v) is 3.48. The Bertz CT molecular complexity index is 206. The highest BCUT2D eigenvalue weighted by Crippen LogP contribution is 1.92. The number of nitrogens with one attached hydrogen (secondary N) is 1. The summed E-state index contributed by atoms with van der Waals surface area (Å²) in [6.07, 6.45) is 0. The maximum Gasteiger partial charge on any atom is 0.394 e. The number of nitrogens with two attached hydrogens (primary N) is 2. The molecule has 0 spiro atoms. The molecule has 0 aromatic rings. The van der Waals surface area contributed by atoms with Gasteiger partial charge in [-0.1, -0.05) is 11.8 Å². The first-order chi connectivity index (χ1) is 5.27. The maximum atomic E-state index is 8.74. The molecule has 0 aliphatic carbocycles. The van der Waals surface area contributed by atoms with Gasteiger partial charge in [-0.3, -0.25) is 14.5 Å². The Morgan fingerprint density at radius 3 is 1.92 bits per heavy atom. The highest BCUT2D eigenvalue weighted by Gasteiger charge is 1.85. The molecule has 7 N–H and O–H groups in total. The number of thioether (sulfide) groups is 1. The van der Waals surface area contributed by atoms with E-state index in [-0.39, 0.29) is 5.17 Å². The summed E-state index contributed by atoms with van der Waals surface area (Å²) in [6.45, 7) is 0.588. The maximum absolute atomic E-state index is 8.74. The molecule has 0 atom stereocenters. The van der Waals surface area contributed by atoms with Crippen molar-refractivity contribution >= 4 is 27.3 Å². The Morgan fingerprint density at radius 2 is 1.83 bits per heavy atom. The van der Waals surface area contributed by atoms with Crippen molar-refractivity contribution in [1.29, 1.82) is 5.41 Å². The fraction of sp³-hybridized carbons (Fsp3) is 0.667. The molecule has 0 fully saturated rings. The van der Waals surface area contributed by atoms with Crippen LogP contribution in [0.1, 0.15) is 0 Å². The number of amidine groups is 1. The summed E-state index contributed by atoms with van der Waals surface area (Å²) in [7, 11) is -4.67. The minimum absolute atomic E-state index is 0.144. The first kappa shape index (κ1) is 14.2. The molecule has 0 rings (SSSR count). The molecule has 0 aliphatic rings. The van der Waals surface area contributed by atoms with E-state index in [2.05, 4.69) is 0 Å². The zero-order valence-corrected chi connectivity index (χ0v) is 7.73. The fourth-order valence-corrected chi connectivity index (χ4v) is 0.507. The minimum Gasteiger partial charge on any atom is -0.379 e. The zero-order chi connectivity index (χ0) is 10.2. The lowest BCUT2D eigenvalue weighted by Gasteiger charge is -1.90. The molecule has 74 valence electrons. The first-order valence-electron chi connectivity index (χ1n) is 2.64. The average molecular weight is 217 g/mol. The van der Waals surface area contributed by atoms with Crippen LogP contribution >= 0.6 is 11.8 Å². The third-order valence-electron chi connectivity index (χ3n) is 0.375. The van der Waals surface area contributed by atoms with Gasteiger partial charge in [-0.15, -0.1) is 0 Å². The first-order valence-corrected chi connectivity index (χ1v) is 5.02. The van der Waals surface area contributed by atoms with Crippen LogP contribution in [0.4, 0.5) is 0 Å². The van der Waals surface area contributed by atoms with Gasteiger partial charge in [-0.25, -0.2) is 0 Å². The van der Waals surface area contributed by atoms with Crippen molar-refractivity contribution in [2.24, 2.45) is 11.5 Å². The largest absolute Gasteiger partial charge is 0.394 e. The summed E-state index contributed by atoms with van der Waals surface area (Å²) >= 11 is 1.27. The molecule has 0 saturated carbocycles. The highest BCUT2D eigenvalue weighted by molar-refractivity contribution is 8.13. The zero-order valence-electron chi connectivity index (χ0n) is 6.10. The van der Waals surface area contributed by atoms with E-state index < -0.39 is 10.4 Å². The monoisotopic (exact) mass is 217 g/mol. The van der Waals surface area contributed by atoms with E-state index in [9.17, 15) is 0 Å². The van der Waals surface area contributed by atoms with Crippen molar-refractivity contribution in [3.05, 3.63) is 0 Å². The van der Waals surface area contributed by atoms with Gasteiger partial charge in [0, 0.05) is 12.3 Å². The molecule has 12 heavy (non-hydrogen) atoms. The van der Waals surface area contributed by atoms with Gasteiger partial charge >= 0.3 is 10.4 Å². The number of hydrogen-bond acceptors (Lipinski definition) is 5. The van der Waals surface area contributed by atoms with Crippen LogP contribution in [-0.2, 0) is 10.4 Å². The Kier molecular flexibility index (Phi) is 8.64. The molecule has 0 radical (unpaired) electrons. The number of rotatable bonds is 2. The topological polar surface area (TPSA) is 150 Å². The quantitative estimate of drug-likeness (QED) is 0.224. The summed E-state index contributed by atoms with van der Waals surface area (Å²) in [6, 6.07) is 0. The average Bonchev–Trinajstić information content (AvgIpc) is 1.79. The van der Waals surface area contributed by atoms with Crippen molar-refractivity contribution in [2.75, 3.05) is 12.3 Å². The minimum atomic E-state index is -4.67. The van der Waals surface area contributed by atoms with Gasteiger partial charge in [-0.2, -0.15) is 8.42 Å². The molecular formula is C3H11N3O4S2. The summed E-state index contributed by atoms with van der Waals surface area (Å²) < 4.78 is 31.6. The molecule has 0 aliphatic heterocycles. The summed E-state index contributed by atoms with van der Waals surface area (Å²) in [5.74, 6) is 0.745. The lowest BCUT2D eigenvalue weighted by molar-refractivity contribution is 0.381. The Labute approximate surface area is 74.6 Å². The normalized spacial score (nSPS) is 9.92. The second-order valence-electron chi connectivity index (χ2n) is 1.45. The van der Waals surface area contributed by atoms with Crippen LogP contribution < -0.4 is 11.5 Å². The molecule has 0 heterocycles. The molecule has 0 aromatic carbocycles. The van der Waals surface area contributed by atoms with Crippen molar-refractivity contribution < 1.29 is 17.5 Å². The lowest BCUT2D eigenvalue weighted by atomic mass is 10.8. The molecule has 9 heteroatoms. The fourth-order valence-electron chi connectivity index (χ4n) is 0.169. The van der Waals surface area contributed by atoms with Gasteiger partial charge in [0.1, 0.15) is 0 Å². The van der Waals surface area contributed by atoms with Crippen LogP contribution in [0.2, 0.25) is 0 Å². The van der Waals surface area contributed by atoms with E-state index >= 15 is 0 Å². The summed E-state index contributed by atoms with van der Waals surface area (Å²) in [5.41, 5.74) is 10.1. The predicted octanol–water partition coefficient (Wildman–Crippen LogP) is -1.08. The van der Waals surface area contributed by atoms with E-state index in [1.165, 1.54) is 11.8 Å². The SMILES string of the molecule is N=C(N)SCCN.O=S(=O)(O)O. The standard InChI is InChI=1S/C3H9N3S.H2O4S/c4-1-2-7-3(5)6;1-5(2,3)4/h1-2,4H2,(H3,5,6);(H2,1,2,3,4). The number of hydrogen-bond donors (Lipinski definition) is 5. The van der Waals surface area contributed by atoms with E-state index in [1.54, 1.807) is 0 Å². The van der Waals surface area contributed by atoms with Gasteiger partial charge in [0.15, 0.2) is 5.17 Å². The van der Waals surface area contributed by atoms with Crippen molar-refractivity contribution in [1.82, 2.24) is 0 Å². The van der Waals surface area contributed by atoms with Gasteiger partial charge in [0.05, 0.1) is 0 Å². The van der Waals surface area contributed by atoms with Crippen molar-refractivity contribution in [3.63, 3.8) is 0 Å². The van der Waals surface area contributed by atoms with Gasteiger partial charge < -0.3 is 11.5 Å². The third kappa shape index (κ3) is 54.2. The predicted molar refractivity (Wildman–Crippen MR) is 47.6 cm³/mol. The molecule has 0 bridgehead atoms. The molecule has 7 nitrogen and oxygen atoms in total. The van der Waals surface area contributed by atoms with E-state index in [4.69, 9.17) is 34.4 Å². The van der Waals surface area contributed by atoms with Crippen LogP contribution in [-0.4, -0.2) is 35.0 Å². The molecular weight excluding hydrogens is 206 g/mol. The lowest BCUT2D eigenvalue weighted by Crippen LogP contribution is -2.09. The van der Waals surface area contributed by atoms with E-state index in [0.717, 1.165) is 5.75 Å². The van der Waals surface area contributed by atoms with Crippen LogP contribution in [0.5, 0.6) is 0 Å². The van der Waals surface area contributed by atoms with E-state index in [1.807, 2.05) is 0 Å². The van der Waals surface area contributed by atoms with E-state index in [0.29, 0.717) is 6.54 Å². The smallest absolute Gasteiger partial charge is 0.379 e. The van der Waals surface area contributed by atoms with Crippen LogP contribution in [0, 0.1) is 5.41 Å². The van der Waals surface area contributed by atoms with Crippen LogP contribution in [0.3, 0.4) is 0 Å². The Balaban J connectivity index is 0. The van der Waals surface area contributed by atoms with Crippen LogP contribution in [0.15, 0.2) is 0 Å². The Morgan fingerprint density at radius 1 is 1.50 bits per heavy atom. The summed E-state index contributed by atoms with van der Waals surface area (Å²) in [5, 5.41) is 6.83. The van der Waals surface area contributed by atoms with Crippen molar-refractivity contribution in [3.8, 4) is 0 Å². The molecule has 0 saturated heterocycles. The molecule has 0 unspecified atom stereocenters. The Hall–Kier alpha value is -0.350. The highest BCUT2D eigenvalue weighted by atomic mass is 32.3. The summed E-state index contributed by atoms with van der Waals surface area (Å²) in [4.78, 5) is 0. The van der Waals surface area contributed by atoms with Gasteiger partial charge in [0.25, 0.3) is 0 Å². The molecule has 0 amide bonds. The van der Waals surface area contributed by atoms with Crippen molar-refractivity contribution in [2.45, 2.75) is 0 Å². The van der Waals surface area contributed by atoms with Gasteiger partial charge in [0.2, 0.25) is 0 Å². The second kappa shape index (κ2) is 7.31. The van der Waals surface area contributed by atoms with Crippen LogP contribution in [0.25, 0.3) is 0 Å². The third-order valence-corrected chi connectivity index (χ3v) is 1.13.